The lowest BCUT2D eigenvalue weighted by molar-refractivity contribution is -0.387. The molecule has 3 rings (SSSR count). The summed E-state index contributed by atoms with van der Waals surface area (Å²) in [6, 6.07) is 10.2. The quantitative estimate of drug-likeness (QED) is 0.523. The summed E-state index contributed by atoms with van der Waals surface area (Å²) in [5.74, 6) is 0.0158. The van der Waals surface area contributed by atoms with Crippen LogP contribution in [-0.2, 0) is 0 Å². The number of nitrogens with zero attached hydrogens (tertiary/aromatic N) is 1. The number of nitrogens with one attached hydrogen (secondary N) is 1. The van der Waals surface area contributed by atoms with Gasteiger partial charge in [-0.2, -0.15) is 0 Å². The molecule has 0 unspecified atom stereocenters. The highest BCUT2D eigenvalue weighted by atomic mass is 32.2. The fourth-order valence-electron chi connectivity index (χ4n) is 3.31. The molecular formula is C20H21FN2O3S. The first-order chi connectivity index (χ1) is 13.0. The van der Waals surface area contributed by atoms with Crippen LogP contribution in [0.3, 0.4) is 0 Å². The van der Waals surface area contributed by atoms with Crippen molar-refractivity contribution in [3.63, 3.8) is 0 Å². The Morgan fingerprint density at radius 3 is 2.56 bits per heavy atom. The van der Waals surface area contributed by atoms with Crippen molar-refractivity contribution >= 4 is 23.4 Å². The van der Waals surface area contributed by atoms with Gasteiger partial charge in [0, 0.05) is 23.1 Å². The standard InChI is InChI=1S/C20H21FN2O3S/c21-16-6-8-17(9-7-16)27-19-10-5-15(13-18(19)23(25)26)20(24)22-12-11-14-3-1-2-4-14/h5-10,13-14H,1-4,11-12H2,(H,22,24). The van der Waals surface area contributed by atoms with Crippen LogP contribution < -0.4 is 5.32 Å². The Balaban J connectivity index is 1.67. The maximum absolute atomic E-state index is 13.0. The molecule has 0 saturated heterocycles. The summed E-state index contributed by atoms with van der Waals surface area (Å²) >= 11 is 1.17. The van der Waals surface area contributed by atoms with Gasteiger partial charge in [-0.15, -0.1) is 0 Å². The number of carbonyl (C=O) groups is 1. The lowest BCUT2D eigenvalue weighted by atomic mass is 10.0. The smallest absolute Gasteiger partial charge is 0.284 e. The van der Waals surface area contributed by atoms with E-state index in [1.807, 2.05) is 0 Å². The number of halogens is 1. The van der Waals surface area contributed by atoms with E-state index in [0.717, 1.165) is 6.42 Å². The number of nitro groups is 1. The molecule has 1 aliphatic carbocycles. The second kappa shape index (κ2) is 8.99. The highest BCUT2D eigenvalue weighted by Gasteiger charge is 2.19. The molecule has 0 atom stereocenters. The number of nitro benzene ring substituents is 1. The zero-order chi connectivity index (χ0) is 19.2. The van der Waals surface area contributed by atoms with Crippen LogP contribution in [0.25, 0.3) is 0 Å². The summed E-state index contributed by atoms with van der Waals surface area (Å²) in [6.45, 7) is 0.587. The van der Waals surface area contributed by atoms with Crippen LogP contribution in [0.5, 0.6) is 0 Å². The lowest BCUT2D eigenvalue weighted by Crippen LogP contribution is -2.25. The van der Waals surface area contributed by atoms with Crippen LogP contribution >= 0.6 is 11.8 Å². The Morgan fingerprint density at radius 1 is 1.19 bits per heavy atom. The molecule has 1 fully saturated rings. The molecular weight excluding hydrogens is 367 g/mol. The number of hydrogen-bond acceptors (Lipinski definition) is 4. The molecule has 0 radical (unpaired) electrons. The average molecular weight is 388 g/mol. The van der Waals surface area contributed by atoms with Crippen LogP contribution in [-0.4, -0.2) is 17.4 Å². The van der Waals surface area contributed by atoms with E-state index in [9.17, 15) is 19.3 Å². The lowest BCUT2D eigenvalue weighted by Gasteiger charge is -2.10. The Hall–Kier alpha value is -2.41. The summed E-state index contributed by atoms with van der Waals surface area (Å²) in [5.41, 5.74) is 0.143. The van der Waals surface area contributed by atoms with Gasteiger partial charge in [0.1, 0.15) is 5.82 Å². The zero-order valence-electron chi connectivity index (χ0n) is 14.8. The van der Waals surface area contributed by atoms with Crippen molar-refractivity contribution in [2.75, 3.05) is 6.54 Å². The average Bonchev–Trinajstić information content (AvgIpc) is 3.17. The molecule has 0 heterocycles. The second-order valence-electron chi connectivity index (χ2n) is 6.69. The minimum absolute atomic E-state index is 0.132. The van der Waals surface area contributed by atoms with Crippen molar-refractivity contribution in [3.8, 4) is 0 Å². The van der Waals surface area contributed by atoms with Gasteiger partial charge >= 0.3 is 0 Å². The van der Waals surface area contributed by atoms with Crippen molar-refractivity contribution in [2.24, 2.45) is 5.92 Å². The van der Waals surface area contributed by atoms with E-state index >= 15 is 0 Å². The minimum atomic E-state index is -0.499. The highest BCUT2D eigenvalue weighted by Crippen LogP contribution is 2.35. The van der Waals surface area contributed by atoms with Crippen LogP contribution in [0.1, 0.15) is 42.5 Å². The SMILES string of the molecule is O=C(NCCC1CCCC1)c1ccc(Sc2ccc(F)cc2)c([N+](=O)[O-])c1. The first-order valence-electron chi connectivity index (χ1n) is 9.03. The van der Waals surface area contributed by atoms with Crippen molar-refractivity contribution in [1.29, 1.82) is 0 Å². The molecule has 1 amide bonds. The van der Waals surface area contributed by atoms with Crippen LogP contribution in [0.4, 0.5) is 10.1 Å². The summed E-state index contributed by atoms with van der Waals surface area (Å²) in [5, 5.41) is 14.3. The second-order valence-corrected chi connectivity index (χ2v) is 7.81. The third-order valence-corrected chi connectivity index (χ3v) is 5.85. The molecule has 2 aromatic rings. The Labute approximate surface area is 161 Å². The monoisotopic (exact) mass is 388 g/mol. The summed E-state index contributed by atoms with van der Waals surface area (Å²) < 4.78 is 13.0. The van der Waals surface area contributed by atoms with E-state index in [2.05, 4.69) is 5.32 Å². The van der Waals surface area contributed by atoms with Gasteiger partial charge in [-0.25, -0.2) is 4.39 Å². The maximum Gasteiger partial charge on any atom is 0.284 e. The molecule has 0 spiro atoms. The maximum atomic E-state index is 13.0. The van der Waals surface area contributed by atoms with Gasteiger partial charge in [0.05, 0.1) is 9.82 Å². The Kier molecular flexibility index (Phi) is 6.45. The molecule has 27 heavy (non-hydrogen) atoms. The van der Waals surface area contributed by atoms with Crippen molar-refractivity contribution in [2.45, 2.75) is 41.9 Å². The van der Waals surface area contributed by atoms with E-state index < -0.39 is 4.92 Å². The molecule has 0 aromatic heterocycles. The molecule has 5 nitrogen and oxygen atoms in total. The molecule has 0 aliphatic heterocycles. The summed E-state index contributed by atoms with van der Waals surface area (Å²) in [6.07, 6.45) is 5.91. The van der Waals surface area contributed by atoms with Crippen molar-refractivity contribution < 1.29 is 14.1 Å². The molecule has 1 N–H and O–H groups in total. The molecule has 0 bridgehead atoms. The van der Waals surface area contributed by atoms with Crippen LogP contribution in [0, 0.1) is 21.8 Å². The van der Waals surface area contributed by atoms with E-state index in [4.69, 9.17) is 0 Å². The van der Waals surface area contributed by atoms with Gasteiger partial charge in [0.15, 0.2) is 0 Å². The summed E-state index contributed by atoms with van der Waals surface area (Å²) in [7, 11) is 0. The molecule has 1 saturated carbocycles. The fourth-order valence-corrected chi connectivity index (χ4v) is 4.21. The first kappa shape index (κ1) is 19.4. The zero-order valence-corrected chi connectivity index (χ0v) is 15.6. The number of carbonyl (C=O) groups excluding carboxylic acids is 1. The fraction of sp³-hybridized carbons (Fsp3) is 0.350. The molecule has 142 valence electrons. The number of benzene rings is 2. The predicted molar refractivity (Wildman–Crippen MR) is 103 cm³/mol. The third kappa shape index (κ3) is 5.29. The van der Waals surface area contributed by atoms with E-state index in [-0.39, 0.29) is 23.0 Å². The van der Waals surface area contributed by atoms with Crippen molar-refractivity contribution in [3.05, 3.63) is 64.0 Å². The largest absolute Gasteiger partial charge is 0.352 e. The minimum Gasteiger partial charge on any atom is -0.352 e. The normalized spacial score (nSPS) is 14.3. The molecule has 2 aromatic carbocycles. The number of rotatable bonds is 7. The van der Waals surface area contributed by atoms with Gasteiger partial charge in [-0.1, -0.05) is 37.4 Å². The number of amides is 1. The Morgan fingerprint density at radius 2 is 1.89 bits per heavy atom. The summed E-state index contributed by atoms with van der Waals surface area (Å²) in [4.78, 5) is 24.3. The van der Waals surface area contributed by atoms with Gasteiger partial charge < -0.3 is 5.32 Å². The topological polar surface area (TPSA) is 72.2 Å². The molecule has 7 heteroatoms. The highest BCUT2D eigenvalue weighted by molar-refractivity contribution is 7.99. The van der Waals surface area contributed by atoms with E-state index in [1.54, 1.807) is 24.3 Å². The first-order valence-corrected chi connectivity index (χ1v) is 9.84. The van der Waals surface area contributed by atoms with Gasteiger partial charge in [-0.3, -0.25) is 14.9 Å². The Bertz CT molecular complexity index is 820. The predicted octanol–water partition coefficient (Wildman–Crippen LogP) is 5.20. The molecule has 1 aliphatic rings. The van der Waals surface area contributed by atoms with Crippen LogP contribution in [0.15, 0.2) is 52.3 Å². The van der Waals surface area contributed by atoms with E-state index in [1.165, 1.54) is 55.6 Å². The van der Waals surface area contributed by atoms with Gasteiger partial charge in [0.25, 0.3) is 11.6 Å². The van der Waals surface area contributed by atoms with E-state index in [0.29, 0.717) is 22.3 Å². The van der Waals surface area contributed by atoms with Gasteiger partial charge in [0.2, 0.25) is 0 Å². The van der Waals surface area contributed by atoms with Crippen LogP contribution in [0.2, 0.25) is 0 Å². The number of hydrogen-bond donors (Lipinski definition) is 1. The van der Waals surface area contributed by atoms with Crippen molar-refractivity contribution in [1.82, 2.24) is 5.32 Å². The third-order valence-electron chi connectivity index (χ3n) is 4.77. The van der Waals surface area contributed by atoms with Gasteiger partial charge in [-0.05, 0) is 48.7 Å².